The van der Waals surface area contributed by atoms with Crippen molar-refractivity contribution < 1.29 is 14.3 Å². The Bertz CT molecular complexity index is 537. The molecule has 1 heterocycles. The third kappa shape index (κ3) is 2.96. The number of ether oxygens (including phenoxy) is 1. The summed E-state index contributed by atoms with van der Waals surface area (Å²) in [5, 5.41) is 10.1. The molecule has 1 aromatic heterocycles. The number of methoxy groups -OCH3 is 1. The lowest BCUT2D eigenvalue weighted by Gasteiger charge is -2.10. The molecule has 3 nitrogen and oxygen atoms in total. The van der Waals surface area contributed by atoms with Crippen LogP contribution in [0.1, 0.15) is 17.4 Å². The van der Waals surface area contributed by atoms with Crippen LogP contribution < -0.4 is 4.74 Å². The van der Waals surface area contributed by atoms with Crippen LogP contribution in [0.15, 0.2) is 43.9 Å². The van der Waals surface area contributed by atoms with Gasteiger partial charge < -0.3 is 14.3 Å². The van der Waals surface area contributed by atoms with E-state index in [4.69, 9.17) is 9.15 Å². The molecule has 18 heavy (non-hydrogen) atoms. The molecule has 96 valence electrons. The average molecular weight is 376 g/mol. The number of hydrogen-bond acceptors (Lipinski definition) is 3. The highest BCUT2D eigenvalue weighted by Crippen LogP contribution is 2.30. The lowest BCUT2D eigenvalue weighted by molar-refractivity contribution is 0.149. The van der Waals surface area contributed by atoms with Crippen molar-refractivity contribution in [2.75, 3.05) is 7.11 Å². The molecule has 0 radical (unpaired) electrons. The Hall–Kier alpha value is -0.780. The summed E-state index contributed by atoms with van der Waals surface area (Å²) in [6, 6.07) is 7.48. The van der Waals surface area contributed by atoms with Crippen molar-refractivity contribution >= 4 is 31.9 Å². The van der Waals surface area contributed by atoms with E-state index in [-0.39, 0.29) is 0 Å². The Labute approximate surface area is 122 Å². The predicted molar refractivity (Wildman–Crippen MR) is 75.8 cm³/mol. The number of rotatable bonds is 4. The molecule has 0 bridgehead atoms. The van der Waals surface area contributed by atoms with Gasteiger partial charge in [-0.15, -0.1) is 0 Å². The van der Waals surface area contributed by atoms with Gasteiger partial charge in [0.25, 0.3) is 0 Å². The fraction of sp³-hybridized carbons (Fsp3) is 0.231. The fourth-order valence-electron chi connectivity index (χ4n) is 1.70. The molecular formula is C13H12Br2O3. The zero-order chi connectivity index (χ0) is 13.1. The number of aliphatic hydroxyl groups excluding tert-OH is 1. The molecule has 0 amide bonds. The maximum atomic E-state index is 10.1. The highest BCUT2D eigenvalue weighted by Gasteiger charge is 2.16. The molecular weight excluding hydrogens is 364 g/mol. The molecule has 0 fully saturated rings. The van der Waals surface area contributed by atoms with Crippen LogP contribution in [0.2, 0.25) is 0 Å². The first kappa shape index (κ1) is 13.6. The smallest absolute Gasteiger partial charge is 0.146 e. The van der Waals surface area contributed by atoms with Gasteiger partial charge in [0, 0.05) is 6.42 Å². The Morgan fingerprint density at radius 3 is 2.61 bits per heavy atom. The van der Waals surface area contributed by atoms with Crippen LogP contribution in [0, 0.1) is 0 Å². The second-order valence-corrected chi connectivity index (χ2v) is 5.53. The Kier molecular flexibility index (Phi) is 4.48. The van der Waals surface area contributed by atoms with Crippen LogP contribution >= 0.6 is 31.9 Å². The van der Waals surface area contributed by atoms with Crippen molar-refractivity contribution in [3.63, 3.8) is 0 Å². The number of hydrogen-bond donors (Lipinski definition) is 1. The first-order valence-corrected chi connectivity index (χ1v) is 6.93. The summed E-state index contributed by atoms with van der Waals surface area (Å²) in [7, 11) is 1.62. The monoisotopic (exact) mass is 374 g/mol. The van der Waals surface area contributed by atoms with Crippen LogP contribution in [-0.2, 0) is 6.42 Å². The van der Waals surface area contributed by atoms with Gasteiger partial charge in [0.05, 0.1) is 22.3 Å². The van der Waals surface area contributed by atoms with E-state index >= 15 is 0 Å². The van der Waals surface area contributed by atoms with E-state index in [0.717, 1.165) is 20.3 Å². The van der Waals surface area contributed by atoms with Gasteiger partial charge in [-0.1, -0.05) is 6.07 Å². The number of benzene rings is 1. The first-order chi connectivity index (χ1) is 8.61. The van der Waals surface area contributed by atoms with E-state index in [9.17, 15) is 5.11 Å². The van der Waals surface area contributed by atoms with Gasteiger partial charge in [-0.2, -0.15) is 0 Å². The van der Waals surface area contributed by atoms with Crippen LogP contribution in [0.5, 0.6) is 5.75 Å². The second-order valence-electron chi connectivity index (χ2n) is 3.82. The largest absolute Gasteiger partial charge is 0.496 e. The number of aliphatic hydroxyl groups is 1. The molecule has 0 spiro atoms. The van der Waals surface area contributed by atoms with Crippen LogP contribution in [0.4, 0.5) is 0 Å². The van der Waals surface area contributed by atoms with Gasteiger partial charge in [0.2, 0.25) is 0 Å². The van der Waals surface area contributed by atoms with Gasteiger partial charge in [0.1, 0.15) is 17.6 Å². The summed E-state index contributed by atoms with van der Waals surface area (Å²) < 4.78 is 12.0. The third-order valence-corrected chi connectivity index (χ3v) is 3.87. The van der Waals surface area contributed by atoms with E-state index in [1.807, 2.05) is 18.2 Å². The highest BCUT2D eigenvalue weighted by atomic mass is 79.9. The topological polar surface area (TPSA) is 42.6 Å². The minimum Gasteiger partial charge on any atom is -0.496 e. The summed E-state index contributed by atoms with van der Waals surface area (Å²) in [6.07, 6.45) is 1.36. The van der Waals surface area contributed by atoms with E-state index in [1.54, 1.807) is 19.4 Å². The van der Waals surface area contributed by atoms with E-state index < -0.39 is 6.10 Å². The van der Waals surface area contributed by atoms with Gasteiger partial charge in [-0.3, -0.25) is 0 Å². The molecule has 1 aromatic carbocycles. The van der Waals surface area contributed by atoms with E-state index in [1.165, 1.54) is 0 Å². The molecule has 0 aliphatic rings. The van der Waals surface area contributed by atoms with Gasteiger partial charge in [0.15, 0.2) is 0 Å². The SMILES string of the molecule is COc1ccc(CC(O)c2occc2Br)cc1Br. The molecule has 0 aliphatic heterocycles. The molecule has 1 atom stereocenters. The lowest BCUT2D eigenvalue weighted by Crippen LogP contribution is -2.01. The molecule has 1 N–H and O–H groups in total. The van der Waals surface area contributed by atoms with Crippen molar-refractivity contribution in [2.45, 2.75) is 12.5 Å². The van der Waals surface area contributed by atoms with E-state index in [2.05, 4.69) is 31.9 Å². The first-order valence-electron chi connectivity index (χ1n) is 5.35. The third-order valence-electron chi connectivity index (χ3n) is 2.59. The van der Waals surface area contributed by atoms with E-state index in [0.29, 0.717) is 12.2 Å². The molecule has 1 unspecified atom stereocenters. The van der Waals surface area contributed by atoms with Gasteiger partial charge in [-0.05, 0) is 55.6 Å². The lowest BCUT2D eigenvalue weighted by atomic mass is 10.1. The quantitative estimate of drug-likeness (QED) is 0.875. The van der Waals surface area contributed by atoms with Crippen LogP contribution in [-0.4, -0.2) is 12.2 Å². The van der Waals surface area contributed by atoms with Gasteiger partial charge in [-0.25, -0.2) is 0 Å². The molecule has 0 aliphatic carbocycles. The summed E-state index contributed by atoms with van der Waals surface area (Å²) in [4.78, 5) is 0. The van der Waals surface area contributed by atoms with Crippen molar-refractivity contribution in [1.29, 1.82) is 0 Å². The van der Waals surface area contributed by atoms with Crippen molar-refractivity contribution in [2.24, 2.45) is 0 Å². The molecule has 5 heteroatoms. The number of furan rings is 1. The average Bonchev–Trinajstić information content (AvgIpc) is 2.76. The predicted octanol–water partition coefficient (Wildman–Crippen LogP) is 4.09. The van der Waals surface area contributed by atoms with Crippen molar-refractivity contribution in [3.05, 3.63) is 50.8 Å². The van der Waals surface area contributed by atoms with Crippen LogP contribution in [0.25, 0.3) is 0 Å². The molecule has 2 aromatic rings. The standard InChI is InChI=1S/C13H12Br2O3/c1-17-12-3-2-8(6-10(12)15)7-11(16)13-9(14)4-5-18-13/h2-6,11,16H,7H2,1H3. The molecule has 2 rings (SSSR count). The maximum Gasteiger partial charge on any atom is 0.146 e. The van der Waals surface area contributed by atoms with Gasteiger partial charge >= 0.3 is 0 Å². The Balaban J connectivity index is 2.15. The van der Waals surface area contributed by atoms with Crippen molar-refractivity contribution in [1.82, 2.24) is 0 Å². The molecule has 0 saturated heterocycles. The zero-order valence-corrected chi connectivity index (χ0v) is 12.9. The zero-order valence-electron chi connectivity index (χ0n) is 9.69. The summed E-state index contributed by atoms with van der Waals surface area (Å²) >= 11 is 6.76. The minimum atomic E-state index is -0.672. The van der Waals surface area contributed by atoms with Crippen LogP contribution in [0.3, 0.4) is 0 Å². The van der Waals surface area contributed by atoms with Crippen molar-refractivity contribution in [3.8, 4) is 5.75 Å². The fourth-order valence-corrected chi connectivity index (χ4v) is 2.75. The summed E-state index contributed by atoms with van der Waals surface area (Å²) in [6.45, 7) is 0. The molecule has 0 saturated carbocycles. The minimum absolute atomic E-state index is 0.481. The maximum absolute atomic E-state index is 10.1. The highest BCUT2D eigenvalue weighted by molar-refractivity contribution is 9.10. The summed E-state index contributed by atoms with van der Waals surface area (Å²) in [5.74, 6) is 1.31. The second kappa shape index (κ2) is 5.91. The number of halogens is 2. The summed E-state index contributed by atoms with van der Waals surface area (Å²) in [5.41, 5.74) is 0.999. The Morgan fingerprint density at radius 1 is 1.28 bits per heavy atom. The normalized spacial score (nSPS) is 12.4. The Morgan fingerprint density at radius 2 is 2.06 bits per heavy atom.